The Morgan fingerprint density at radius 3 is 2.40 bits per heavy atom. The van der Waals surface area contributed by atoms with Gasteiger partial charge in [0.05, 0.1) is 35.7 Å². The Bertz CT molecular complexity index is 2010. The molecule has 6 rings (SSSR count). The van der Waals surface area contributed by atoms with Gasteiger partial charge in [0.2, 0.25) is 11.9 Å². The van der Waals surface area contributed by atoms with Gasteiger partial charge < -0.3 is 31.7 Å². The predicted molar refractivity (Wildman–Crippen MR) is 194 cm³/mol. The van der Waals surface area contributed by atoms with Gasteiger partial charge in [-0.3, -0.25) is 14.4 Å². The highest BCUT2D eigenvalue weighted by Crippen LogP contribution is 2.65. The minimum absolute atomic E-state index is 0.0102. The molecule has 3 aromatic rings. The molecule has 0 spiro atoms. The van der Waals surface area contributed by atoms with Crippen LogP contribution in [0.5, 0.6) is 5.75 Å². The van der Waals surface area contributed by atoms with Crippen LogP contribution in [0.4, 0.5) is 34.8 Å². The van der Waals surface area contributed by atoms with Gasteiger partial charge in [0, 0.05) is 12.6 Å². The third-order valence-electron chi connectivity index (χ3n) is 11.6. The third kappa shape index (κ3) is 8.61. The summed E-state index contributed by atoms with van der Waals surface area (Å²) in [4.78, 5) is 54.3. The molecule has 3 fully saturated rings. The van der Waals surface area contributed by atoms with Crippen molar-refractivity contribution in [3.63, 3.8) is 0 Å². The van der Waals surface area contributed by atoms with Gasteiger partial charge in [-0.2, -0.15) is 9.49 Å². The largest absolute Gasteiger partial charge is 0.573 e. The van der Waals surface area contributed by atoms with Gasteiger partial charge in [-0.05, 0) is 91.9 Å². The fraction of sp³-hybridized carbons (Fsp3) is 0.500. The Balaban J connectivity index is 1.06. The molecule has 2 unspecified atom stereocenters. The molecular weight excluding hydrogens is 724 g/mol. The maximum absolute atomic E-state index is 14.8. The number of rotatable bonds is 16. The Morgan fingerprint density at radius 2 is 1.80 bits per heavy atom. The molecule has 3 saturated carbocycles. The standard InChI is InChI=1S/C38H44F4N8O5/c1-36(2)22-13-14-37(36,3)28(17-22)46-23(20-51)6-4-5-15-44-34-30(33(43)53)31(49-50(34)25-9-10-25)35(54)48-27-18-24(19-45-32(27)39)47-29(52)16-21-7-11-26(12-8-21)55-38(40,41)42/h7-8,11-12,18-19,22,25,28,44,46H,4-6,9-10,13-17H2,1-3H3,(H2,43,53)(H,47,52)(H,48,54)/t22?,28?,37-/m0/s1. The number of unbranched alkanes of at least 4 members (excludes halogenated alkanes) is 1. The van der Waals surface area contributed by atoms with E-state index in [0.29, 0.717) is 43.0 Å². The number of carbonyl (C=O) groups excluding carboxylic acids is 4. The van der Waals surface area contributed by atoms with Crippen LogP contribution in [0, 0.1) is 22.7 Å². The number of hydrogen-bond donors (Lipinski definition) is 5. The molecule has 3 atom stereocenters. The summed E-state index contributed by atoms with van der Waals surface area (Å²) in [5.74, 6) is -0.995. The normalized spacial score (nSPS) is 21.1. The molecule has 3 amide bonds. The van der Waals surface area contributed by atoms with E-state index in [9.17, 15) is 36.7 Å². The van der Waals surface area contributed by atoms with Crippen molar-refractivity contribution in [1.82, 2.24) is 20.1 Å². The second kappa shape index (κ2) is 15.4. The Morgan fingerprint density at radius 1 is 1.07 bits per heavy atom. The van der Waals surface area contributed by atoms with E-state index < -0.39 is 41.5 Å². The molecule has 3 aliphatic carbocycles. The number of carbonyl (C=O) groups is 3. The second-order valence-electron chi connectivity index (χ2n) is 15.3. The number of fused-ring (bicyclic) bond motifs is 2. The van der Waals surface area contributed by atoms with E-state index in [1.807, 2.05) is 0 Å². The first kappa shape index (κ1) is 39.3. The van der Waals surface area contributed by atoms with E-state index in [4.69, 9.17) is 5.73 Å². The van der Waals surface area contributed by atoms with Crippen molar-refractivity contribution in [2.24, 2.45) is 22.5 Å². The number of primary amides is 1. The lowest BCUT2D eigenvalue weighted by atomic mass is 9.69. The summed E-state index contributed by atoms with van der Waals surface area (Å²) < 4.78 is 57.5. The molecule has 1 aromatic carbocycles. The highest BCUT2D eigenvalue weighted by Gasteiger charge is 2.61. The molecular formula is C38H44F4N8O5. The maximum atomic E-state index is 14.8. The number of hydrogen-bond acceptors (Lipinski definition) is 9. The van der Waals surface area contributed by atoms with Crippen molar-refractivity contribution in [2.75, 3.05) is 22.5 Å². The molecule has 6 N–H and O–H groups in total. The van der Waals surface area contributed by atoms with Crippen molar-refractivity contribution < 1.29 is 41.5 Å². The number of nitrogens with two attached hydrogens (primary N) is 1. The van der Waals surface area contributed by atoms with Crippen LogP contribution in [-0.4, -0.2) is 57.4 Å². The first-order valence-electron chi connectivity index (χ1n) is 18.3. The quantitative estimate of drug-likeness (QED) is 0.0485. The Kier molecular flexibility index (Phi) is 11.0. The lowest BCUT2D eigenvalue weighted by molar-refractivity contribution is -0.274. The Labute approximate surface area is 314 Å². The molecule has 13 nitrogen and oxygen atoms in total. The lowest BCUT2D eigenvalue weighted by Gasteiger charge is -2.40. The molecule has 2 bridgehead atoms. The van der Waals surface area contributed by atoms with E-state index in [2.05, 4.69) is 62.8 Å². The second-order valence-corrected chi connectivity index (χ2v) is 15.3. The summed E-state index contributed by atoms with van der Waals surface area (Å²) in [5, 5.41) is 16.0. The zero-order chi connectivity index (χ0) is 39.7. The average molecular weight is 769 g/mol. The zero-order valence-electron chi connectivity index (χ0n) is 30.7. The van der Waals surface area contributed by atoms with Crippen molar-refractivity contribution in [2.45, 2.75) is 97.0 Å². The van der Waals surface area contributed by atoms with Gasteiger partial charge in [-0.1, -0.05) is 32.9 Å². The van der Waals surface area contributed by atoms with Crippen molar-refractivity contribution >= 4 is 40.9 Å². The number of anilines is 3. The molecule has 17 heteroatoms. The lowest BCUT2D eigenvalue weighted by Crippen LogP contribution is -2.44. The highest BCUT2D eigenvalue weighted by molar-refractivity contribution is 6.13. The SMILES string of the molecule is CC1(C)C2CC[C@@]1(C)C(NC(=C=O)CCCCNc1c(C(N)=O)c(C(=O)Nc3cc(NC(=O)Cc4ccc(OC(F)(F)F)cc4)cnc3F)nn1C1CC1)C2. The molecule has 2 aromatic heterocycles. The molecule has 0 radical (unpaired) electrons. The van der Waals surface area contributed by atoms with Crippen LogP contribution in [0.1, 0.15) is 105 Å². The van der Waals surface area contributed by atoms with Gasteiger partial charge in [0.1, 0.15) is 23.1 Å². The zero-order valence-corrected chi connectivity index (χ0v) is 30.7. The summed E-state index contributed by atoms with van der Waals surface area (Å²) in [5.41, 5.74) is 6.08. The fourth-order valence-electron chi connectivity index (χ4n) is 7.98. The number of amides is 3. The Hall–Kier alpha value is -5.44. The number of ether oxygens (including phenoxy) is 1. The summed E-state index contributed by atoms with van der Waals surface area (Å²) in [7, 11) is 0. The van der Waals surface area contributed by atoms with Gasteiger partial charge in [-0.15, -0.1) is 13.2 Å². The van der Waals surface area contributed by atoms with Crippen LogP contribution >= 0.6 is 0 Å². The van der Waals surface area contributed by atoms with Gasteiger partial charge in [0.15, 0.2) is 5.69 Å². The number of pyridine rings is 1. The number of nitrogens with one attached hydrogen (secondary N) is 4. The number of aromatic nitrogens is 3. The molecule has 294 valence electrons. The minimum Gasteiger partial charge on any atom is -0.406 e. The molecule has 55 heavy (non-hydrogen) atoms. The number of nitrogens with zero attached hydrogens (tertiary/aromatic N) is 3. The van der Waals surface area contributed by atoms with E-state index >= 15 is 0 Å². The number of halogens is 4. The van der Waals surface area contributed by atoms with Crippen molar-refractivity contribution in [1.29, 1.82) is 0 Å². The van der Waals surface area contributed by atoms with Crippen molar-refractivity contribution in [3.05, 3.63) is 65.0 Å². The van der Waals surface area contributed by atoms with Gasteiger partial charge in [0.25, 0.3) is 11.8 Å². The summed E-state index contributed by atoms with van der Waals surface area (Å²) >= 11 is 0. The van der Waals surface area contributed by atoms with E-state index in [0.717, 1.165) is 50.1 Å². The maximum Gasteiger partial charge on any atom is 0.573 e. The molecule has 2 heterocycles. The minimum atomic E-state index is -4.86. The monoisotopic (exact) mass is 768 g/mol. The fourth-order valence-corrected chi connectivity index (χ4v) is 7.98. The average Bonchev–Trinajstić information content (AvgIpc) is 3.81. The van der Waals surface area contributed by atoms with E-state index in [-0.39, 0.29) is 52.1 Å². The molecule has 0 aliphatic heterocycles. The molecule has 3 aliphatic rings. The number of benzene rings is 1. The highest BCUT2D eigenvalue weighted by atomic mass is 19.4. The molecule has 0 saturated heterocycles. The van der Waals surface area contributed by atoms with Gasteiger partial charge in [-0.25, -0.2) is 14.5 Å². The summed E-state index contributed by atoms with van der Waals surface area (Å²) in [6.45, 7) is 7.32. The summed E-state index contributed by atoms with van der Waals surface area (Å²) in [6.07, 6.45) is 2.59. The van der Waals surface area contributed by atoms with E-state index in [1.165, 1.54) is 23.2 Å². The smallest absolute Gasteiger partial charge is 0.406 e. The summed E-state index contributed by atoms with van der Waals surface area (Å²) in [6, 6.07) is 5.97. The van der Waals surface area contributed by atoms with Crippen LogP contribution in [0.25, 0.3) is 0 Å². The number of allylic oxidation sites excluding steroid dienone is 1. The van der Waals surface area contributed by atoms with Gasteiger partial charge >= 0.3 is 6.36 Å². The van der Waals surface area contributed by atoms with Crippen LogP contribution in [0.3, 0.4) is 0 Å². The predicted octanol–water partition coefficient (Wildman–Crippen LogP) is 6.29. The van der Waals surface area contributed by atoms with Crippen molar-refractivity contribution in [3.8, 4) is 5.75 Å². The van der Waals surface area contributed by atoms with Crippen LogP contribution < -0.4 is 31.7 Å². The first-order valence-corrected chi connectivity index (χ1v) is 18.3. The van der Waals surface area contributed by atoms with Crippen LogP contribution in [-0.2, 0) is 16.0 Å². The third-order valence-corrected chi connectivity index (χ3v) is 11.6. The van der Waals surface area contributed by atoms with E-state index in [1.54, 1.807) is 0 Å². The first-order chi connectivity index (χ1) is 26.0. The topological polar surface area (TPSA) is 182 Å². The van der Waals surface area contributed by atoms with Crippen LogP contribution in [0.2, 0.25) is 0 Å². The number of alkyl halides is 3. The van der Waals surface area contributed by atoms with Crippen LogP contribution in [0.15, 0.2) is 42.2 Å².